The third-order valence-corrected chi connectivity index (χ3v) is 5.90. The van der Waals surface area contributed by atoms with Gasteiger partial charge in [-0.15, -0.1) is 0 Å². The molecule has 0 bridgehead atoms. The van der Waals surface area contributed by atoms with Crippen LogP contribution < -0.4 is 10.6 Å². The van der Waals surface area contributed by atoms with Gasteiger partial charge in [0, 0.05) is 30.5 Å². The summed E-state index contributed by atoms with van der Waals surface area (Å²) < 4.78 is 3.26. The normalized spacial score (nSPS) is 15.7. The molecule has 2 aromatic carbocycles. The minimum atomic E-state index is 0.222. The standard InChI is InChI=1S/C21H24BrN5/c1-23-20(24-13-19-26-17-8-3-4-9-18(17)27(19)2)25-14-21(10-11-21)15-6-5-7-16(22)12-15/h3-9,12H,10-11,13-14H2,1-2H3,(H2,23,24,25). The topological polar surface area (TPSA) is 54.2 Å². The zero-order chi connectivity index (χ0) is 18.9. The van der Waals surface area contributed by atoms with Crippen LogP contribution in [-0.4, -0.2) is 29.1 Å². The van der Waals surface area contributed by atoms with Crippen molar-refractivity contribution in [1.29, 1.82) is 0 Å². The van der Waals surface area contributed by atoms with Crippen LogP contribution in [0.2, 0.25) is 0 Å². The summed E-state index contributed by atoms with van der Waals surface area (Å²) in [7, 11) is 3.86. The fourth-order valence-electron chi connectivity index (χ4n) is 3.53. The highest BCUT2D eigenvalue weighted by atomic mass is 79.9. The first kappa shape index (κ1) is 18.0. The van der Waals surface area contributed by atoms with Crippen molar-refractivity contribution in [2.45, 2.75) is 24.8 Å². The van der Waals surface area contributed by atoms with Crippen LogP contribution in [0.3, 0.4) is 0 Å². The lowest BCUT2D eigenvalue weighted by Gasteiger charge is -2.19. The second-order valence-electron chi connectivity index (χ2n) is 7.15. The van der Waals surface area contributed by atoms with Crippen LogP contribution >= 0.6 is 15.9 Å². The summed E-state index contributed by atoms with van der Waals surface area (Å²) in [5.74, 6) is 1.80. The van der Waals surface area contributed by atoms with Gasteiger partial charge in [-0.25, -0.2) is 4.98 Å². The molecule has 1 fully saturated rings. The van der Waals surface area contributed by atoms with E-state index in [4.69, 9.17) is 4.98 Å². The average Bonchev–Trinajstić information content (AvgIpc) is 3.41. The molecule has 1 heterocycles. The molecule has 2 N–H and O–H groups in total. The summed E-state index contributed by atoms with van der Waals surface area (Å²) in [6, 6.07) is 16.8. The lowest BCUT2D eigenvalue weighted by Crippen LogP contribution is -2.41. The molecule has 6 heteroatoms. The largest absolute Gasteiger partial charge is 0.356 e. The molecule has 0 radical (unpaired) electrons. The number of para-hydroxylation sites is 2. The van der Waals surface area contributed by atoms with E-state index >= 15 is 0 Å². The number of nitrogens with zero attached hydrogens (tertiary/aromatic N) is 3. The number of benzene rings is 2. The lowest BCUT2D eigenvalue weighted by molar-refractivity contribution is 0.641. The number of halogens is 1. The van der Waals surface area contributed by atoms with Crippen molar-refractivity contribution in [3.05, 3.63) is 64.4 Å². The van der Waals surface area contributed by atoms with E-state index < -0.39 is 0 Å². The van der Waals surface area contributed by atoms with Crippen molar-refractivity contribution < 1.29 is 0 Å². The molecule has 3 aromatic rings. The molecular formula is C21H24BrN5. The zero-order valence-corrected chi connectivity index (χ0v) is 17.3. The Morgan fingerprint density at radius 1 is 1.19 bits per heavy atom. The summed E-state index contributed by atoms with van der Waals surface area (Å²) >= 11 is 3.58. The molecule has 0 unspecified atom stereocenters. The van der Waals surface area contributed by atoms with E-state index in [9.17, 15) is 0 Å². The summed E-state index contributed by atoms with van der Waals surface area (Å²) in [5, 5.41) is 6.90. The summed E-state index contributed by atoms with van der Waals surface area (Å²) in [4.78, 5) is 9.09. The Bertz CT molecular complexity index is 987. The Hall–Kier alpha value is -2.34. The number of aryl methyl sites for hydroxylation is 1. The number of aromatic nitrogens is 2. The molecule has 140 valence electrons. The van der Waals surface area contributed by atoms with E-state index in [1.54, 1.807) is 0 Å². The maximum Gasteiger partial charge on any atom is 0.191 e. The van der Waals surface area contributed by atoms with Crippen LogP contribution in [0, 0.1) is 0 Å². The fraction of sp³-hybridized carbons (Fsp3) is 0.333. The van der Waals surface area contributed by atoms with Crippen LogP contribution in [0.25, 0.3) is 11.0 Å². The summed E-state index contributed by atoms with van der Waals surface area (Å²) in [5.41, 5.74) is 3.77. The van der Waals surface area contributed by atoms with Crippen molar-refractivity contribution >= 4 is 32.9 Å². The molecule has 1 saturated carbocycles. The van der Waals surface area contributed by atoms with Gasteiger partial charge in [0.15, 0.2) is 5.96 Å². The van der Waals surface area contributed by atoms with Crippen molar-refractivity contribution in [3.63, 3.8) is 0 Å². The molecule has 0 saturated heterocycles. The maximum absolute atomic E-state index is 4.71. The van der Waals surface area contributed by atoms with Gasteiger partial charge in [0.05, 0.1) is 17.6 Å². The summed E-state index contributed by atoms with van der Waals surface area (Å²) in [6.07, 6.45) is 2.41. The van der Waals surface area contributed by atoms with Crippen LogP contribution in [0.4, 0.5) is 0 Å². The lowest BCUT2D eigenvalue weighted by atomic mass is 9.96. The first-order valence-electron chi connectivity index (χ1n) is 9.22. The fourth-order valence-corrected chi connectivity index (χ4v) is 3.93. The number of fused-ring (bicyclic) bond motifs is 1. The average molecular weight is 426 g/mol. The molecule has 0 aliphatic heterocycles. The van der Waals surface area contributed by atoms with Gasteiger partial charge in [-0.2, -0.15) is 0 Å². The number of guanidine groups is 1. The highest BCUT2D eigenvalue weighted by Gasteiger charge is 2.44. The minimum Gasteiger partial charge on any atom is -0.356 e. The van der Waals surface area contributed by atoms with Crippen molar-refractivity contribution in [2.75, 3.05) is 13.6 Å². The minimum absolute atomic E-state index is 0.222. The third-order valence-electron chi connectivity index (χ3n) is 5.40. The first-order chi connectivity index (χ1) is 13.1. The van der Waals surface area contributed by atoms with Crippen LogP contribution in [0.1, 0.15) is 24.2 Å². The predicted octanol–water partition coefficient (Wildman–Crippen LogP) is 3.73. The number of imidazole rings is 1. The smallest absolute Gasteiger partial charge is 0.191 e. The van der Waals surface area contributed by atoms with Gasteiger partial charge in [0.25, 0.3) is 0 Å². The monoisotopic (exact) mass is 425 g/mol. The molecule has 0 atom stereocenters. The SMILES string of the molecule is CN=C(NCc1nc2ccccc2n1C)NCC1(c2cccc(Br)c2)CC1. The van der Waals surface area contributed by atoms with E-state index in [-0.39, 0.29) is 5.41 Å². The molecule has 5 nitrogen and oxygen atoms in total. The highest BCUT2D eigenvalue weighted by molar-refractivity contribution is 9.10. The molecule has 0 amide bonds. The Morgan fingerprint density at radius 2 is 2.00 bits per heavy atom. The van der Waals surface area contributed by atoms with E-state index in [1.165, 1.54) is 18.4 Å². The molecule has 1 aliphatic rings. The molecule has 1 aromatic heterocycles. The molecule has 1 aliphatic carbocycles. The number of hydrogen-bond acceptors (Lipinski definition) is 2. The third kappa shape index (κ3) is 3.72. The molecule has 27 heavy (non-hydrogen) atoms. The Balaban J connectivity index is 1.39. The van der Waals surface area contributed by atoms with Gasteiger partial charge < -0.3 is 15.2 Å². The van der Waals surface area contributed by atoms with Gasteiger partial charge in [0.2, 0.25) is 0 Å². The predicted molar refractivity (Wildman–Crippen MR) is 114 cm³/mol. The number of hydrogen-bond donors (Lipinski definition) is 2. The Labute approximate surface area is 168 Å². The molecule has 4 rings (SSSR count). The Kier molecular flexibility index (Phi) is 4.91. The Morgan fingerprint density at radius 3 is 2.70 bits per heavy atom. The van der Waals surface area contributed by atoms with E-state index in [1.807, 2.05) is 25.2 Å². The number of aliphatic imine (C=N–C) groups is 1. The van der Waals surface area contributed by atoms with E-state index in [0.717, 1.165) is 33.8 Å². The van der Waals surface area contributed by atoms with Crippen LogP contribution in [-0.2, 0) is 19.0 Å². The first-order valence-corrected chi connectivity index (χ1v) is 10.0. The van der Waals surface area contributed by atoms with Gasteiger partial charge >= 0.3 is 0 Å². The van der Waals surface area contributed by atoms with E-state index in [2.05, 4.69) is 73.5 Å². The van der Waals surface area contributed by atoms with Crippen molar-refractivity contribution in [3.8, 4) is 0 Å². The second-order valence-corrected chi connectivity index (χ2v) is 8.06. The van der Waals surface area contributed by atoms with E-state index in [0.29, 0.717) is 6.54 Å². The summed E-state index contributed by atoms with van der Waals surface area (Å²) in [6.45, 7) is 1.51. The quantitative estimate of drug-likeness (QED) is 0.483. The van der Waals surface area contributed by atoms with Gasteiger partial charge in [0.1, 0.15) is 5.82 Å². The second kappa shape index (κ2) is 7.35. The number of rotatable bonds is 5. The van der Waals surface area contributed by atoms with Gasteiger partial charge in [-0.1, -0.05) is 40.2 Å². The maximum atomic E-state index is 4.71. The van der Waals surface area contributed by atoms with Gasteiger partial charge in [-0.3, -0.25) is 4.99 Å². The van der Waals surface area contributed by atoms with Gasteiger partial charge in [-0.05, 0) is 42.7 Å². The van der Waals surface area contributed by atoms with Crippen LogP contribution in [0.15, 0.2) is 58.0 Å². The molecular weight excluding hydrogens is 402 g/mol. The van der Waals surface area contributed by atoms with Crippen LogP contribution in [0.5, 0.6) is 0 Å². The zero-order valence-electron chi connectivity index (χ0n) is 15.7. The van der Waals surface area contributed by atoms with Crippen molar-refractivity contribution in [1.82, 2.24) is 20.2 Å². The van der Waals surface area contributed by atoms with Crippen molar-refractivity contribution in [2.24, 2.45) is 12.0 Å². The molecule has 0 spiro atoms. The number of nitrogens with one attached hydrogen (secondary N) is 2. The highest BCUT2D eigenvalue weighted by Crippen LogP contribution is 2.48.